The van der Waals surface area contributed by atoms with Gasteiger partial charge < -0.3 is 14.9 Å². The summed E-state index contributed by atoms with van der Waals surface area (Å²) in [5.41, 5.74) is 4.08. The molecule has 0 spiro atoms. The number of aliphatic hydroxyl groups excluding tert-OH is 2. The third-order valence-corrected chi connectivity index (χ3v) is 9.41. The molecule has 0 heterocycles. The number of benzene rings is 1. The topological polar surface area (TPSA) is 49.7 Å². The maximum Gasteiger partial charge on any atom is 0.118 e. The largest absolute Gasteiger partial charge is 0.497 e. The monoisotopic (exact) mass is 408 g/mol. The second kappa shape index (κ2) is 7.24. The molecule has 3 saturated carbocycles. The maximum atomic E-state index is 11.4. The van der Waals surface area contributed by atoms with Crippen molar-refractivity contribution in [2.75, 3.05) is 7.11 Å². The number of aliphatic hydroxyl groups is 2. The van der Waals surface area contributed by atoms with Crippen molar-refractivity contribution in [2.24, 2.45) is 28.6 Å². The second-order valence-electron chi connectivity index (χ2n) is 10.8. The Hall–Kier alpha value is -1.58. The van der Waals surface area contributed by atoms with Crippen LogP contribution in [-0.2, 0) is 0 Å². The number of hydrogen-bond donors (Lipinski definition) is 2. The Balaban J connectivity index is 1.44. The van der Waals surface area contributed by atoms with E-state index in [-0.39, 0.29) is 23.0 Å². The third-order valence-electron chi connectivity index (χ3n) is 9.41. The minimum absolute atomic E-state index is 0.0185. The van der Waals surface area contributed by atoms with Crippen LogP contribution >= 0.6 is 0 Å². The van der Waals surface area contributed by atoms with Gasteiger partial charge in [0.15, 0.2) is 0 Å². The summed E-state index contributed by atoms with van der Waals surface area (Å²) >= 11 is 0. The maximum absolute atomic E-state index is 11.4. The lowest BCUT2D eigenvalue weighted by Gasteiger charge is -2.57. The van der Waals surface area contributed by atoms with Gasteiger partial charge in [-0.25, -0.2) is 0 Å². The molecule has 0 amide bonds. The van der Waals surface area contributed by atoms with Gasteiger partial charge in [-0.3, -0.25) is 0 Å². The average molecular weight is 409 g/mol. The van der Waals surface area contributed by atoms with Crippen LogP contribution in [0.15, 0.2) is 41.5 Å². The normalized spacial score (nSPS) is 44.1. The Morgan fingerprint density at radius 1 is 1.00 bits per heavy atom. The SMILES string of the molecule is COc1ccc(/C=C2\C[C@@H]3[C@@H]4CC=C5C[C@H](O)CC[C@]5(C)[C@H]4CC[C@]3(C)[C@@H]2O)cc1. The summed E-state index contributed by atoms with van der Waals surface area (Å²) in [4.78, 5) is 0. The van der Waals surface area contributed by atoms with Gasteiger partial charge >= 0.3 is 0 Å². The van der Waals surface area contributed by atoms with Gasteiger partial charge in [-0.15, -0.1) is 0 Å². The summed E-state index contributed by atoms with van der Waals surface area (Å²) in [6, 6.07) is 8.14. The first-order valence-electron chi connectivity index (χ1n) is 11.8. The third kappa shape index (κ3) is 3.00. The predicted molar refractivity (Wildman–Crippen MR) is 120 cm³/mol. The van der Waals surface area contributed by atoms with Crippen molar-refractivity contribution in [3.63, 3.8) is 0 Å². The van der Waals surface area contributed by atoms with Crippen LogP contribution in [0, 0.1) is 28.6 Å². The molecule has 7 atom stereocenters. The minimum Gasteiger partial charge on any atom is -0.497 e. The molecule has 3 fully saturated rings. The second-order valence-corrected chi connectivity index (χ2v) is 10.8. The van der Waals surface area contributed by atoms with Gasteiger partial charge in [0.05, 0.1) is 19.3 Å². The van der Waals surface area contributed by atoms with Gasteiger partial charge in [0.25, 0.3) is 0 Å². The standard InChI is InChI=1S/C27H36O3/c1-26-12-10-20(28)16-19(26)6-9-22-23(26)11-13-27(2)24(22)15-18(25(27)29)14-17-4-7-21(30-3)8-5-17/h4-8,14,20,22-25,28-29H,9-13,15-16H2,1-3H3/b18-14+/t20-,22-,23+,24-,25-,26+,27+/m1/s1. The summed E-state index contributed by atoms with van der Waals surface area (Å²) < 4.78 is 5.28. The quantitative estimate of drug-likeness (QED) is 0.647. The Morgan fingerprint density at radius 2 is 1.77 bits per heavy atom. The molecule has 4 aliphatic carbocycles. The number of rotatable bonds is 2. The zero-order valence-corrected chi connectivity index (χ0v) is 18.6. The molecule has 0 saturated heterocycles. The fraction of sp³-hybridized carbons (Fsp3) is 0.630. The molecule has 0 bridgehead atoms. The zero-order valence-electron chi connectivity index (χ0n) is 18.6. The van der Waals surface area contributed by atoms with Crippen LogP contribution in [0.1, 0.15) is 64.4 Å². The highest BCUT2D eigenvalue weighted by Gasteiger charge is 2.59. The van der Waals surface area contributed by atoms with Crippen LogP contribution in [0.3, 0.4) is 0 Å². The fourth-order valence-electron chi connectivity index (χ4n) is 7.55. The van der Waals surface area contributed by atoms with Gasteiger partial charge in [-0.2, -0.15) is 0 Å². The Bertz CT molecular complexity index is 869. The number of hydrogen-bond acceptors (Lipinski definition) is 3. The predicted octanol–water partition coefficient (Wildman–Crippen LogP) is 5.37. The van der Waals surface area contributed by atoms with Gasteiger partial charge in [-0.1, -0.05) is 43.7 Å². The molecule has 0 radical (unpaired) electrons. The summed E-state index contributed by atoms with van der Waals surface area (Å²) in [7, 11) is 1.69. The van der Waals surface area contributed by atoms with Crippen LogP contribution in [0.25, 0.3) is 6.08 Å². The van der Waals surface area contributed by atoms with Crippen molar-refractivity contribution in [3.8, 4) is 5.75 Å². The number of ether oxygens (including phenoxy) is 1. The van der Waals surface area contributed by atoms with E-state index in [1.807, 2.05) is 12.1 Å². The van der Waals surface area contributed by atoms with E-state index in [0.717, 1.165) is 49.8 Å². The molecule has 5 rings (SSSR count). The number of allylic oxidation sites excluding steroid dienone is 1. The fourth-order valence-corrected chi connectivity index (χ4v) is 7.55. The number of fused-ring (bicyclic) bond motifs is 5. The van der Waals surface area contributed by atoms with Crippen molar-refractivity contribution in [3.05, 3.63) is 47.1 Å². The van der Waals surface area contributed by atoms with Crippen molar-refractivity contribution in [1.29, 1.82) is 0 Å². The van der Waals surface area contributed by atoms with Crippen LogP contribution in [0.2, 0.25) is 0 Å². The Labute approximate surface area is 180 Å². The molecule has 4 aliphatic rings. The van der Waals surface area contributed by atoms with Gasteiger partial charge in [0, 0.05) is 5.41 Å². The molecular formula is C27H36O3. The summed E-state index contributed by atoms with van der Waals surface area (Å²) in [6.45, 7) is 4.79. The van der Waals surface area contributed by atoms with Crippen molar-refractivity contribution < 1.29 is 14.9 Å². The first kappa shape index (κ1) is 20.3. The highest BCUT2D eigenvalue weighted by Crippen LogP contribution is 2.65. The smallest absolute Gasteiger partial charge is 0.118 e. The van der Waals surface area contributed by atoms with Crippen LogP contribution in [0.5, 0.6) is 5.75 Å². The molecule has 3 nitrogen and oxygen atoms in total. The van der Waals surface area contributed by atoms with E-state index in [1.165, 1.54) is 17.6 Å². The van der Waals surface area contributed by atoms with Crippen molar-refractivity contribution in [2.45, 2.75) is 71.0 Å². The minimum atomic E-state index is -0.350. The molecule has 0 aromatic heterocycles. The van der Waals surface area contributed by atoms with E-state index in [0.29, 0.717) is 17.8 Å². The van der Waals surface area contributed by atoms with E-state index in [1.54, 1.807) is 7.11 Å². The van der Waals surface area contributed by atoms with E-state index in [4.69, 9.17) is 4.74 Å². The van der Waals surface area contributed by atoms with Gasteiger partial charge in [-0.05, 0) is 91.4 Å². The van der Waals surface area contributed by atoms with E-state index in [9.17, 15) is 10.2 Å². The molecule has 162 valence electrons. The first-order chi connectivity index (χ1) is 14.3. The van der Waals surface area contributed by atoms with E-state index >= 15 is 0 Å². The van der Waals surface area contributed by atoms with Crippen LogP contribution in [0.4, 0.5) is 0 Å². The molecular weight excluding hydrogens is 372 g/mol. The zero-order chi connectivity index (χ0) is 21.1. The summed E-state index contributed by atoms with van der Waals surface area (Å²) in [5, 5.41) is 21.6. The lowest BCUT2D eigenvalue weighted by Crippen LogP contribution is -2.51. The Morgan fingerprint density at radius 3 is 2.50 bits per heavy atom. The molecule has 30 heavy (non-hydrogen) atoms. The highest BCUT2D eigenvalue weighted by atomic mass is 16.5. The average Bonchev–Trinajstić information content (AvgIpc) is 3.00. The van der Waals surface area contributed by atoms with E-state index in [2.05, 4.69) is 38.1 Å². The van der Waals surface area contributed by atoms with Gasteiger partial charge in [0.2, 0.25) is 0 Å². The van der Waals surface area contributed by atoms with Gasteiger partial charge in [0.1, 0.15) is 5.75 Å². The molecule has 0 unspecified atom stereocenters. The molecule has 2 N–H and O–H groups in total. The van der Waals surface area contributed by atoms with Crippen molar-refractivity contribution >= 4 is 6.08 Å². The molecule has 1 aromatic rings. The van der Waals surface area contributed by atoms with Crippen LogP contribution in [-0.4, -0.2) is 29.5 Å². The first-order valence-corrected chi connectivity index (χ1v) is 11.8. The molecule has 3 heteroatoms. The molecule has 1 aromatic carbocycles. The van der Waals surface area contributed by atoms with Crippen molar-refractivity contribution in [1.82, 2.24) is 0 Å². The highest BCUT2D eigenvalue weighted by molar-refractivity contribution is 5.56. The van der Waals surface area contributed by atoms with E-state index < -0.39 is 0 Å². The van der Waals surface area contributed by atoms with Crippen LogP contribution < -0.4 is 4.74 Å². The summed E-state index contributed by atoms with van der Waals surface area (Å²) in [5.74, 6) is 2.74. The lowest BCUT2D eigenvalue weighted by molar-refractivity contribution is -0.0685. The number of methoxy groups -OCH3 is 1. The lowest BCUT2D eigenvalue weighted by atomic mass is 9.48. The Kier molecular flexibility index (Phi) is 4.91. The molecule has 0 aliphatic heterocycles. The summed E-state index contributed by atoms with van der Waals surface area (Å²) in [6.07, 6.45) is 11.5.